The van der Waals surface area contributed by atoms with E-state index in [9.17, 15) is 14.9 Å². The Bertz CT molecular complexity index is 434. The number of nitro benzene ring substituents is 1. The zero-order valence-corrected chi connectivity index (χ0v) is 8.55. The highest BCUT2D eigenvalue weighted by molar-refractivity contribution is 5.78. The molecule has 1 aliphatic carbocycles. The minimum atomic E-state index is -0.772. The molecule has 0 amide bonds. The average molecular weight is 221 g/mol. The van der Waals surface area contributed by atoms with Crippen LogP contribution in [0.1, 0.15) is 18.4 Å². The zero-order valence-electron chi connectivity index (χ0n) is 8.55. The van der Waals surface area contributed by atoms with Gasteiger partial charge < -0.3 is 5.11 Å². The molecule has 0 unspecified atom stereocenters. The highest BCUT2D eigenvalue weighted by atomic mass is 16.6. The van der Waals surface area contributed by atoms with Gasteiger partial charge in [0.1, 0.15) is 0 Å². The lowest BCUT2D eigenvalue weighted by Crippen LogP contribution is -2.17. The van der Waals surface area contributed by atoms with Crippen molar-refractivity contribution in [3.05, 3.63) is 39.9 Å². The number of nitro groups is 1. The van der Waals surface area contributed by atoms with Gasteiger partial charge in [-0.25, -0.2) is 0 Å². The van der Waals surface area contributed by atoms with E-state index >= 15 is 0 Å². The molecule has 1 aromatic carbocycles. The molecule has 5 nitrogen and oxygen atoms in total. The fourth-order valence-electron chi connectivity index (χ4n) is 1.74. The van der Waals surface area contributed by atoms with Crippen molar-refractivity contribution >= 4 is 11.7 Å². The Morgan fingerprint density at radius 1 is 1.38 bits per heavy atom. The fraction of sp³-hybridized carbons (Fsp3) is 0.364. The van der Waals surface area contributed by atoms with Gasteiger partial charge in [0, 0.05) is 12.1 Å². The lowest BCUT2D eigenvalue weighted by molar-refractivity contribution is -0.384. The molecule has 0 saturated heterocycles. The largest absolute Gasteiger partial charge is 0.481 e. The standard InChI is InChI=1S/C11H11NO4/c13-10(14)11(5-6-11)7-8-1-3-9(4-2-8)12(15)16/h1-4H,5-7H2,(H,13,14). The van der Waals surface area contributed by atoms with Crippen molar-refractivity contribution in [3.63, 3.8) is 0 Å². The maximum Gasteiger partial charge on any atom is 0.309 e. The van der Waals surface area contributed by atoms with Crippen molar-refractivity contribution in [2.75, 3.05) is 0 Å². The molecule has 84 valence electrons. The molecule has 0 atom stereocenters. The van der Waals surface area contributed by atoms with E-state index in [1.807, 2.05) is 0 Å². The maximum absolute atomic E-state index is 11.0. The highest BCUT2D eigenvalue weighted by Gasteiger charge is 2.49. The number of non-ortho nitro benzene ring substituents is 1. The lowest BCUT2D eigenvalue weighted by atomic mass is 9.97. The summed E-state index contributed by atoms with van der Waals surface area (Å²) in [5, 5.41) is 19.4. The van der Waals surface area contributed by atoms with Crippen LogP contribution >= 0.6 is 0 Å². The number of hydrogen-bond acceptors (Lipinski definition) is 3. The van der Waals surface area contributed by atoms with Crippen molar-refractivity contribution < 1.29 is 14.8 Å². The average Bonchev–Trinajstić information content (AvgIpc) is 3.00. The van der Waals surface area contributed by atoms with Crippen LogP contribution < -0.4 is 0 Å². The van der Waals surface area contributed by atoms with Crippen LogP contribution in [0, 0.1) is 15.5 Å². The first-order valence-electron chi connectivity index (χ1n) is 5.00. The normalized spacial score (nSPS) is 16.8. The van der Waals surface area contributed by atoms with Crippen LogP contribution in [-0.4, -0.2) is 16.0 Å². The molecular weight excluding hydrogens is 210 g/mol. The zero-order chi connectivity index (χ0) is 11.8. The first-order valence-corrected chi connectivity index (χ1v) is 5.00. The number of hydrogen-bond donors (Lipinski definition) is 1. The van der Waals surface area contributed by atoms with Gasteiger partial charge in [0.2, 0.25) is 0 Å². The number of carboxylic acid groups (broad SMARTS) is 1. The Labute approximate surface area is 91.9 Å². The minimum absolute atomic E-state index is 0.0314. The Balaban J connectivity index is 2.12. The summed E-state index contributed by atoms with van der Waals surface area (Å²) in [4.78, 5) is 20.9. The molecule has 1 aliphatic rings. The number of aliphatic carboxylic acids is 1. The monoisotopic (exact) mass is 221 g/mol. The summed E-state index contributed by atoms with van der Waals surface area (Å²) in [6.07, 6.45) is 1.85. The Kier molecular flexibility index (Phi) is 2.38. The van der Waals surface area contributed by atoms with Gasteiger partial charge in [-0.05, 0) is 24.8 Å². The summed E-state index contributed by atoms with van der Waals surface area (Å²) < 4.78 is 0. The minimum Gasteiger partial charge on any atom is -0.481 e. The van der Waals surface area contributed by atoms with Crippen molar-refractivity contribution in [2.24, 2.45) is 5.41 Å². The van der Waals surface area contributed by atoms with Crippen LogP contribution in [0.5, 0.6) is 0 Å². The quantitative estimate of drug-likeness (QED) is 0.622. The SMILES string of the molecule is O=C(O)C1(Cc2ccc([N+](=O)[O-])cc2)CC1. The van der Waals surface area contributed by atoms with E-state index in [2.05, 4.69) is 0 Å². The third kappa shape index (κ3) is 1.88. The number of rotatable bonds is 4. The third-order valence-electron chi connectivity index (χ3n) is 3.00. The topological polar surface area (TPSA) is 80.4 Å². The second-order valence-corrected chi connectivity index (χ2v) is 4.19. The smallest absolute Gasteiger partial charge is 0.309 e. The molecule has 0 aliphatic heterocycles. The van der Waals surface area contributed by atoms with Crippen LogP contribution in [0.3, 0.4) is 0 Å². The van der Waals surface area contributed by atoms with Crippen molar-refractivity contribution in [1.82, 2.24) is 0 Å². The maximum atomic E-state index is 11.0. The van der Waals surface area contributed by atoms with E-state index in [-0.39, 0.29) is 5.69 Å². The summed E-state index contributed by atoms with van der Waals surface area (Å²) >= 11 is 0. The second kappa shape index (κ2) is 3.59. The van der Waals surface area contributed by atoms with Crippen LogP contribution in [0.25, 0.3) is 0 Å². The van der Waals surface area contributed by atoms with Crippen molar-refractivity contribution in [1.29, 1.82) is 0 Å². The molecule has 2 rings (SSSR count). The molecule has 0 aromatic heterocycles. The van der Waals surface area contributed by atoms with Gasteiger partial charge in [-0.2, -0.15) is 0 Å². The van der Waals surface area contributed by atoms with Gasteiger partial charge >= 0.3 is 5.97 Å². The lowest BCUT2D eigenvalue weighted by Gasteiger charge is -2.08. The molecule has 1 fully saturated rings. The molecule has 0 bridgehead atoms. The summed E-state index contributed by atoms with van der Waals surface area (Å²) in [7, 11) is 0. The molecule has 0 spiro atoms. The molecule has 1 saturated carbocycles. The molecule has 5 heteroatoms. The van der Waals surface area contributed by atoms with Crippen molar-refractivity contribution in [2.45, 2.75) is 19.3 Å². The summed E-state index contributed by atoms with van der Waals surface area (Å²) in [5.41, 5.74) is 0.255. The van der Waals surface area contributed by atoms with Gasteiger partial charge in [0.15, 0.2) is 0 Å². The molecular formula is C11H11NO4. The van der Waals surface area contributed by atoms with E-state index in [4.69, 9.17) is 5.11 Å². The van der Waals surface area contributed by atoms with Crippen LogP contribution in [-0.2, 0) is 11.2 Å². The fourth-order valence-corrected chi connectivity index (χ4v) is 1.74. The first-order chi connectivity index (χ1) is 7.53. The van der Waals surface area contributed by atoms with E-state index in [1.54, 1.807) is 12.1 Å². The molecule has 16 heavy (non-hydrogen) atoms. The van der Waals surface area contributed by atoms with E-state index in [1.165, 1.54) is 12.1 Å². The summed E-state index contributed by atoms with van der Waals surface area (Å²) in [6, 6.07) is 6.07. The molecule has 1 aromatic rings. The van der Waals surface area contributed by atoms with Gasteiger partial charge in [-0.1, -0.05) is 12.1 Å². The molecule has 0 heterocycles. The van der Waals surface area contributed by atoms with Gasteiger partial charge in [-0.15, -0.1) is 0 Å². The van der Waals surface area contributed by atoms with Crippen LogP contribution in [0.4, 0.5) is 5.69 Å². The van der Waals surface area contributed by atoms with Gasteiger partial charge in [0.05, 0.1) is 10.3 Å². The van der Waals surface area contributed by atoms with Crippen LogP contribution in [0.15, 0.2) is 24.3 Å². The third-order valence-corrected chi connectivity index (χ3v) is 3.00. The van der Waals surface area contributed by atoms with Gasteiger partial charge in [0.25, 0.3) is 5.69 Å². The predicted octanol–water partition coefficient (Wildman–Crippen LogP) is 2.00. The predicted molar refractivity (Wildman–Crippen MR) is 56.1 cm³/mol. The van der Waals surface area contributed by atoms with E-state index in [0.717, 1.165) is 5.56 Å². The van der Waals surface area contributed by atoms with Crippen LogP contribution in [0.2, 0.25) is 0 Å². The Morgan fingerprint density at radius 3 is 2.31 bits per heavy atom. The Morgan fingerprint density at radius 2 is 1.94 bits per heavy atom. The highest BCUT2D eigenvalue weighted by Crippen LogP contribution is 2.48. The van der Waals surface area contributed by atoms with E-state index in [0.29, 0.717) is 19.3 Å². The van der Waals surface area contributed by atoms with Crippen molar-refractivity contribution in [3.8, 4) is 0 Å². The summed E-state index contributed by atoms with van der Waals surface area (Å²) in [5.74, 6) is -0.772. The molecule has 0 radical (unpaired) electrons. The van der Waals surface area contributed by atoms with Gasteiger partial charge in [-0.3, -0.25) is 14.9 Å². The van der Waals surface area contributed by atoms with E-state index < -0.39 is 16.3 Å². The first kappa shape index (κ1) is 10.6. The number of benzene rings is 1. The summed E-state index contributed by atoms with van der Waals surface area (Å²) in [6.45, 7) is 0. The number of carboxylic acids is 1. The number of carbonyl (C=O) groups is 1. The molecule has 1 N–H and O–H groups in total. The second-order valence-electron chi connectivity index (χ2n) is 4.19. The number of nitrogens with zero attached hydrogens (tertiary/aromatic N) is 1. The Hall–Kier alpha value is -1.91.